The van der Waals surface area contributed by atoms with Gasteiger partial charge in [0.25, 0.3) is 11.2 Å². The van der Waals surface area contributed by atoms with E-state index in [0.717, 1.165) is 15.7 Å². The number of amides is 1. The van der Waals surface area contributed by atoms with Crippen LogP contribution in [0.15, 0.2) is 90.0 Å². The predicted molar refractivity (Wildman–Crippen MR) is 116 cm³/mol. The van der Waals surface area contributed by atoms with Crippen LogP contribution < -0.4 is 10.9 Å². The molecule has 1 amide bonds. The molecule has 31 heavy (non-hydrogen) atoms. The number of fused-ring (bicyclic) bond motifs is 1. The number of aromatic nitrogens is 2. The molecule has 0 aliphatic rings. The Balaban J connectivity index is 1.62. The van der Waals surface area contributed by atoms with Crippen LogP contribution in [-0.4, -0.2) is 20.4 Å². The molecule has 0 unspecified atom stereocenters. The Morgan fingerprint density at radius 3 is 2.19 bits per heavy atom. The van der Waals surface area contributed by atoms with E-state index in [1.54, 1.807) is 0 Å². The Labute approximate surface area is 176 Å². The molecular weight excluding hydrogens is 396 g/mol. The van der Waals surface area contributed by atoms with Crippen LogP contribution in [-0.2, 0) is 11.3 Å². The molecule has 154 valence electrons. The molecular formula is C23H18N4O4. The van der Waals surface area contributed by atoms with Crippen LogP contribution in [0, 0.1) is 10.1 Å². The van der Waals surface area contributed by atoms with E-state index in [9.17, 15) is 19.7 Å². The molecule has 0 aliphatic carbocycles. The molecule has 3 aromatic carbocycles. The Bertz CT molecular complexity index is 1260. The highest BCUT2D eigenvalue weighted by atomic mass is 16.6. The Kier molecular flexibility index (Phi) is 5.53. The molecule has 4 aromatic rings. The number of carbonyl (C=O) groups is 1. The lowest BCUT2D eigenvalue weighted by atomic mass is 9.99. The molecule has 0 fully saturated rings. The van der Waals surface area contributed by atoms with Gasteiger partial charge in [0.1, 0.15) is 6.54 Å². The van der Waals surface area contributed by atoms with Crippen LogP contribution in [0.1, 0.15) is 17.2 Å². The fraction of sp³-hybridized carbons (Fsp3) is 0.0870. The van der Waals surface area contributed by atoms with E-state index in [1.165, 1.54) is 24.5 Å². The minimum absolute atomic E-state index is 0.0900. The van der Waals surface area contributed by atoms with E-state index in [0.29, 0.717) is 5.52 Å². The van der Waals surface area contributed by atoms with Gasteiger partial charge in [-0.1, -0.05) is 60.7 Å². The third-order valence-corrected chi connectivity index (χ3v) is 4.90. The van der Waals surface area contributed by atoms with Gasteiger partial charge < -0.3 is 5.32 Å². The number of non-ortho nitro benzene ring substituents is 1. The zero-order valence-corrected chi connectivity index (χ0v) is 16.3. The Hall–Kier alpha value is -4.33. The predicted octanol–water partition coefficient (Wildman–Crippen LogP) is 3.21. The van der Waals surface area contributed by atoms with Crippen LogP contribution >= 0.6 is 0 Å². The monoisotopic (exact) mass is 414 g/mol. The van der Waals surface area contributed by atoms with Gasteiger partial charge in [-0.05, 0) is 17.2 Å². The number of nitro benzene ring substituents is 1. The van der Waals surface area contributed by atoms with Gasteiger partial charge in [0, 0.05) is 12.1 Å². The largest absolute Gasteiger partial charge is 0.344 e. The molecule has 0 aliphatic heterocycles. The summed E-state index contributed by atoms with van der Waals surface area (Å²) in [7, 11) is 0. The first kappa shape index (κ1) is 20.0. The zero-order valence-electron chi connectivity index (χ0n) is 16.3. The van der Waals surface area contributed by atoms with Crippen molar-refractivity contribution in [1.29, 1.82) is 0 Å². The SMILES string of the molecule is O=C(Cn1cnc2ccc([N+](=O)[O-])cc2c1=O)NC(c1ccccc1)c1ccccc1. The van der Waals surface area contributed by atoms with Crippen molar-refractivity contribution in [3.8, 4) is 0 Å². The molecule has 1 heterocycles. The standard InChI is InChI=1S/C23H18N4O4/c28-21(25-22(16-7-3-1-4-8-16)17-9-5-2-6-10-17)14-26-15-24-20-12-11-18(27(30)31)13-19(20)23(26)29/h1-13,15,22H,14H2,(H,25,28). The van der Waals surface area contributed by atoms with Crippen molar-refractivity contribution < 1.29 is 9.72 Å². The maximum Gasteiger partial charge on any atom is 0.270 e. The minimum atomic E-state index is -0.576. The molecule has 0 spiro atoms. The first-order valence-electron chi connectivity index (χ1n) is 9.56. The normalized spacial score (nSPS) is 10.9. The average molecular weight is 414 g/mol. The molecule has 8 nitrogen and oxygen atoms in total. The van der Waals surface area contributed by atoms with Crippen LogP contribution in [0.25, 0.3) is 10.9 Å². The van der Waals surface area contributed by atoms with E-state index in [4.69, 9.17) is 0 Å². The van der Waals surface area contributed by atoms with Crippen LogP contribution in [0.2, 0.25) is 0 Å². The van der Waals surface area contributed by atoms with Crippen molar-refractivity contribution >= 4 is 22.5 Å². The summed E-state index contributed by atoms with van der Waals surface area (Å²) < 4.78 is 1.15. The number of nitrogens with zero attached hydrogens (tertiary/aromatic N) is 3. The van der Waals surface area contributed by atoms with Crippen molar-refractivity contribution in [1.82, 2.24) is 14.9 Å². The summed E-state index contributed by atoms with van der Waals surface area (Å²) in [5.41, 5.74) is 1.42. The molecule has 0 atom stereocenters. The molecule has 0 saturated heterocycles. The van der Waals surface area contributed by atoms with Crippen molar-refractivity contribution in [3.05, 3.63) is 117 Å². The summed E-state index contributed by atoms with van der Waals surface area (Å²) in [5, 5.41) is 14.1. The van der Waals surface area contributed by atoms with E-state index in [2.05, 4.69) is 10.3 Å². The van der Waals surface area contributed by atoms with Gasteiger partial charge in [0.15, 0.2) is 0 Å². The van der Waals surface area contributed by atoms with Crippen LogP contribution in [0.4, 0.5) is 5.69 Å². The van der Waals surface area contributed by atoms with Gasteiger partial charge in [-0.15, -0.1) is 0 Å². The van der Waals surface area contributed by atoms with E-state index >= 15 is 0 Å². The van der Waals surface area contributed by atoms with Gasteiger partial charge >= 0.3 is 0 Å². The van der Waals surface area contributed by atoms with Gasteiger partial charge in [0.05, 0.1) is 28.2 Å². The average Bonchev–Trinajstić information content (AvgIpc) is 2.80. The molecule has 0 radical (unpaired) electrons. The van der Waals surface area contributed by atoms with Crippen LogP contribution in [0.5, 0.6) is 0 Å². The third kappa shape index (κ3) is 4.32. The fourth-order valence-electron chi connectivity index (χ4n) is 3.38. The second-order valence-corrected chi connectivity index (χ2v) is 6.96. The number of rotatable bonds is 6. The Morgan fingerprint density at radius 2 is 1.61 bits per heavy atom. The number of hydrogen-bond acceptors (Lipinski definition) is 5. The summed E-state index contributed by atoms with van der Waals surface area (Å²) in [6, 6.07) is 22.5. The molecule has 0 bridgehead atoms. The van der Waals surface area contributed by atoms with E-state index in [1.807, 2.05) is 60.7 Å². The van der Waals surface area contributed by atoms with Gasteiger partial charge in [-0.3, -0.25) is 24.3 Å². The highest BCUT2D eigenvalue weighted by Gasteiger charge is 2.18. The maximum absolute atomic E-state index is 12.8. The molecule has 8 heteroatoms. The highest BCUT2D eigenvalue weighted by Crippen LogP contribution is 2.22. The summed E-state index contributed by atoms with van der Waals surface area (Å²) >= 11 is 0. The summed E-state index contributed by atoms with van der Waals surface area (Å²) in [5.74, 6) is -0.383. The number of carbonyl (C=O) groups excluding carboxylic acids is 1. The topological polar surface area (TPSA) is 107 Å². The van der Waals surface area contributed by atoms with Crippen LogP contribution in [0.3, 0.4) is 0 Å². The number of hydrogen-bond donors (Lipinski definition) is 1. The van der Waals surface area contributed by atoms with Gasteiger partial charge in [0.2, 0.25) is 5.91 Å². The fourth-order valence-corrected chi connectivity index (χ4v) is 3.38. The van der Waals surface area contributed by atoms with E-state index < -0.39 is 10.5 Å². The lowest BCUT2D eigenvalue weighted by molar-refractivity contribution is -0.384. The lowest BCUT2D eigenvalue weighted by Gasteiger charge is -2.20. The van der Waals surface area contributed by atoms with Crippen molar-refractivity contribution in [3.63, 3.8) is 0 Å². The first-order valence-corrected chi connectivity index (χ1v) is 9.56. The molecule has 1 N–H and O–H groups in total. The van der Waals surface area contributed by atoms with Crippen molar-refractivity contribution in [2.45, 2.75) is 12.6 Å². The number of benzene rings is 3. The van der Waals surface area contributed by atoms with Gasteiger partial charge in [-0.25, -0.2) is 4.98 Å². The molecule has 1 aromatic heterocycles. The summed E-state index contributed by atoms with van der Waals surface area (Å²) in [4.78, 5) is 40.2. The zero-order chi connectivity index (χ0) is 21.8. The number of nitrogens with one attached hydrogen (secondary N) is 1. The van der Waals surface area contributed by atoms with Crippen molar-refractivity contribution in [2.24, 2.45) is 0 Å². The first-order chi connectivity index (χ1) is 15.0. The summed E-state index contributed by atoms with van der Waals surface area (Å²) in [6.45, 7) is -0.263. The minimum Gasteiger partial charge on any atom is -0.344 e. The maximum atomic E-state index is 12.8. The van der Waals surface area contributed by atoms with E-state index in [-0.39, 0.29) is 29.6 Å². The molecule has 0 saturated carbocycles. The molecule has 4 rings (SSSR count). The number of nitro groups is 1. The smallest absolute Gasteiger partial charge is 0.270 e. The Morgan fingerprint density at radius 1 is 1.00 bits per heavy atom. The quantitative estimate of drug-likeness (QED) is 0.385. The highest BCUT2D eigenvalue weighted by molar-refractivity contribution is 5.81. The summed E-state index contributed by atoms with van der Waals surface area (Å²) in [6.07, 6.45) is 1.27. The second-order valence-electron chi connectivity index (χ2n) is 6.96. The third-order valence-electron chi connectivity index (χ3n) is 4.90. The van der Waals surface area contributed by atoms with Crippen molar-refractivity contribution in [2.75, 3.05) is 0 Å². The second kappa shape index (κ2) is 8.58. The van der Waals surface area contributed by atoms with Gasteiger partial charge in [-0.2, -0.15) is 0 Å². The lowest BCUT2D eigenvalue weighted by Crippen LogP contribution is -2.35.